The van der Waals surface area contributed by atoms with E-state index in [1.807, 2.05) is 48.3 Å². The van der Waals surface area contributed by atoms with Crippen LogP contribution >= 0.6 is 15.9 Å². The van der Waals surface area contributed by atoms with Crippen LogP contribution in [0.15, 0.2) is 40.9 Å². The van der Waals surface area contributed by atoms with Crippen LogP contribution in [0.1, 0.15) is 22.8 Å². The number of nitrogens with zero attached hydrogens (tertiary/aromatic N) is 1. The van der Waals surface area contributed by atoms with E-state index in [9.17, 15) is 5.11 Å². The first-order valence-electron chi connectivity index (χ1n) is 7.74. The summed E-state index contributed by atoms with van der Waals surface area (Å²) in [6.45, 7) is 1.53. The summed E-state index contributed by atoms with van der Waals surface area (Å²) >= 11 is 3.49. The van der Waals surface area contributed by atoms with Gasteiger partial charge in [0, 0.05) is 17.6 Å². The molecule has 0 aliphatic carbocycles. The second-order valence-electron chi connectivity index (χ2n) is 5.82. The molecule has 1 heterocycles. The van der Waals surface area contributed by atoms with E-state index in [1.54, 1.807) is 0 Å². The number of rotatable bonds is 6. The Balaban J connectivity index is 1.90. The van der Waals surface area contributed by atoms with Gasteiger partial charge in [-0.25, -0.2) is 0 Å². The van der Waals surface area contributed by atoms with Crippen LogP contribution in [0.25, 0.3) is 0 Å². The van der Waals surface area contributed by atoms with Gasteiger partial charge in [-0.1, -0.05) is 28.1 Å². The Bertz CT molecular complexity index is 722. The van der Waals surface area contributed by atoms with Gasteiger partial charge in [-0.05, 0) is 48.0 Å². The third kappa shape index (κ3) is 3.72. The number of aliphatic hydroxyl groups is 2. The van der Waals surface area contributed by atoms with Crippen molar-refractivity contribution in [1.82, 2.24) is 4.90 Å². The zero-order valence-electron chi connectivity index (χ0n) is 13.4. The number of fused-ring (bicyclic) bond motifs is 1. The summed E-state index contributed by atoms with van der Waals surface area (Å²) < 4.78 is 11.7. The molecule has 3 rings (SSSR count). The molecule has 0 radical (unpaired) electrons. The molecule has 2 N–H and O–H groups in total. The van der Waals surface area contributed by atoms with E-state index in [1.165, 1.54) is 0 Å². The lowest BCUT2D eigenvalue weighted by atomic mass is 9.96. The van der Waals surface area contributed by atoms with Gasteiger partial charge < -0.3 is 19.7 Å². The largest absolute Gasteiger partial charge is 0.454 e. The summed E-state index contributed by atoms with van der Waals surface area (Å²) in [6.07, 6.45) is -0.759. The van der Waals surface area contributed by atoms with Crippen LogP contribution in [0.5, 0.6) is 11.5 Å². The van der Waals surface area contributed by atoms with Gasteiger partial charge >= 0.3 is 0 Å². The number of aliphatic hydroxyl groups excluding tert-OH is 2. The van der Waals surface area contributed by atoms with Crippen molar-refractivity contribution in [2.24, 2.45) is 0 Å². The van der Waals surface area contributed by atoms with Crippen LogP contribution in [-0.4, -0.2) is 42.1 Å². The Kier molecular flexibility index (Phi) is 5.40. The summed E-state index contributed by atoms with van der Waals surface area (Å²) in [6, 6.07) is 11.3. The van der Waals surface area contributed by atoms with Gasteiger partial charge in [0.15, 0.2) is 11.5 Å². The van der Waals surface area contributed by atoms with Gasteiger partial charge in [0.1, 0.15) is 6.10 Å². The van der Waals surface area contributed by atoms with Gasteiger partial charge in [0.25, 0.3) is 0 Å². The molecule has 24 heavy (non-hydrogen) atoms. The monoisotopic (exact) mass is 393 g/mol. The van der Waals surface area contributed by atoms with E-state index < -0.39 is 6.10 Å². The lowest BCUT2D eigenvalue weighted by Crippen LogP contribution is -2.22. The molecule has 0 aromatic heterocycles. The minimum atomic E-state index is -0.759. The van der Waals surface area contributed by atoms with Crippen molar-refractivity contribution < 1.29 is 19.7 Å². The topological polar surface area (TPSA) is 62.2 Å². The molecule has 0 fully saturated rings. The van der Waals surface area contributed by atoms with Crippen LogP contribution in [0.2, 0.25) is 0 Å². The van der Waals surface area contributed by atoms with E-state index in [-0.39, 0.29) is 13.4 Å². The fourth-order valence-electron chi connectivity index (χ4n) is 2.78. The van der Waals surface area contributed by atoms with E-state index in [0.29, 0.717) is 24.6 Å². The molecule has 128 valence electrons. The maximum Gasteiger partial charge on any atom is 0.231 e. The summed E-state index contributed by atoms with van der Waals surface area (Å²) in [4.78, 5) is 2.01. The standard InChI is InChI=1S/C18H20BrNO4/c1-20(6-7-21)10-13-8-14(19)3-4-15(13)18(22)12-2-5-16-17(9-12)24-11-23-16/h2-5,8-9,18,21-22H,6-7,10-11H2,1H3. The minimum absolute atomic E-state index is 0.102. The Labute approximate surface area is 149 Å². The highest BCUT2D eigenvalue weighted by Crippen LogP contribution is 2.36. The molecule has 1 atom stereocenters. The molecular formula is C18H20BrNO4. The summed E-state index contributed by atoms with van der Waals surface area (Å²) in [5, 5.41) is 19.9. The second-order valence-corrected chi connectivity index (χ2v) is 6.74. The zero-order valence-corrected chi connectivity index (χ0v) is 15.0. The first-order valence-corrected chi connectivity index (χ1v) is 8.53. The molecule has 0 saturated heterocycles. The minimum Gasteiger partial charge on any atom is -0.454 e. The predicted octanol–water partition coefficient (Wildman–Crippen LogP) is 2.68. The maximum atomic E-state index is 10.9. The van der Waals surface area contributed by atoms with Crippen LogP contribution in [0, 0.1) is 0 Å². The maximum absolute atomic E-state index is 10.9. The lowest BCUT2D eigenvalue weighted by Gasteiger charge is -2.21. The zero-order chi connectivity index (χ0) is 17.1. The van der Waals surface area contributed by atoms with Crippen LogP contribution in [-0.2, 0) is 6.54 Å². The number of likely N-dealkylation sites (N-methyl/N-ethyl adjacent to an activating group) is 1. The Morgan fingerprint density at radius 3 is 2.75 bits per heavy atom. The Morgan fingerprint density at radius 2 is 1.96 bits per heavy atom. The fourth-order valence-corrected chi connectivity index (χ4v) is 3.19. The van der Waals surface area contributed by atoms with Crippen molar-refractivity contribution in [3.63, 3.8) is 0 Å². The fraction of sp³-hybridized carbons (Fsp3) is 0.333. The molecule has 0 bridgehead atoms. The normalized spacial score (nSPS) is 14.2. The molecular weight excluding hydrogens is 374 g/mol. The van der Waals surface area contributed by atoms with Crippen LogP contribution in [0.4, 0.5) is 0 Å². The van der Waals surface area contributed by atoms with Crippen molar-refractivity contribution in [2.45, 2.75) is 12.6 Å². The summed E-state index contributed by atoms with van der Waals surface area (Å²) in [5.41, 5.74) is 2.60. The summed E-state index contributed by atoms with van der Waals surface area (Å²) in [7, 11) is 1.94. The molecule has 1 unspecified atom stereocenters. The Hall–Kier alpha value is -1.60. The van der Waals surface area contributed by atoms with Crippen LogP contribution < -0.4 is 9.47 Å². The molecule has 1 aliphatic heterocycles. The third-order valence-electron chi connectivity index (χ3n) is 4.03. The van der Waals surface area contributed by atoms with Crippen molar-refractivity contribution in [3.8, 4) is 11.5 Å². The van der Waals surface area contributed by atoms with E-state index in [2.05, 4.69) is 15.9 Å². The number of hydrogen-bond acceptors (Lipinski definition) is 5. The first kappa shape index (κ1) is 17.2. The molecule has 6 heteroatoms. The second kappa shape index (κ2) is 7.53. The molecule has 0 saturated carbocycles. The quantitative estimate of drug-likeness (QED) is 0.789. The average Bonchev–Trinajstić information content (AvgIpc) is 3.02. The lowest BCUT2D eigenvalue weighted by molar-refractivity contribution is 0.173. The average molecular weight is 394 g/mol. The number of halogens is 1. The first-order chi connectivity index (χ1) is 11.6. The van der Waals surface area contributed by atoms with Gasteiger partial charge in [-0.2, -0.15) is 0 Å². The van der Waals surface area contributed by atoms with E-state index in [0.717, 1.165) is 21.2 Å². The van der Waals surface area contributed by atoms with Crippen molar-refractivity contribution >= 4 is 15.9 Å². The highest BCUT2D eigenvalue weighted by atomic mass is 79.9. The van der Waals surface area contributed by atoms with Gasteiger partial charge in [-0.15, -0.1) is 0 Å². The van der Waals surface area contributed by atoms with Gasteiger partial charge in [0.05, 0.1) is 6.61 Å². The molecule has 2 aromatic carbocycles. The van der Waals surface area contributed by atoms with Gasteiger partial charge in [-0.3, -0.25) is 4.90 Å². The number of hydrogen-bond donors (Lipinski definition) is 2. The Morgan fingerprint density at radius 1 is 1.17 bits per heavy atom. The summed E-state index contributed by atoms with van der Waals surface area (Å²) in [5.74, 6) is 1.35. The van der Waals surface area contributed by atoms with Crippen molar-refractivity contribution in [3.05, 3.63) is 57.6 Å². The molecule has 2 aromatic rings. The van der Waals surface area contributed by atoms with Crippen molar-refractivity contribution in [1.29, 1.82) is 0 Å². The van der Waals surface area contributed by atoms with Gasteiger partial charge in [0.2, 0.25) is 6.79 Å². The molecule has 0 amide bonds. The molecule has 0 spiro atoms. The number of ether oxygens (including phenoxy) is 2. The van der Waals surface area contributed by atoms with E-state index >= 15 is 0 Å². The van der Waals surface area contributed by atoms with Crippen LogP contribution in [0.3, 0.4) is 0 Å². The third-order valence-corrected chi connectivity index (χ3v) is 4.53. The highest BCUT2D eigenvalue weighted by Gasteiger charge is 2.20. The van der Waals surface area contributed by atoms with Crippen molar-refractivity contribution in [2.75, 3.05) is 27.0 Å². The molecule has 5 nitrogen and oxygen atoms in total. The smallest absolute Gasteiger partial charge is 0.231 e. The SMILES string of the molecule is CN(CCO)Cc1cc(Br)ccc1C(O)c1ccc2c(c1)OCO2. The highest BCUT2D eigenvalue weighted by molar-refractivity contribution is 9.10. The predicted molar refractivity (Wildman–Crippen MR) is 94.2 cm³/mol. The molecule has 1 aliphatic rings. The number of benzene rings is 2. The van der Waals surface area contributed by atoms with E-state index in [4.69, 9.17) is 14.6 Å².